The molecule has 1 aromatic heterocycles. The van der Waals surface area contributed by atoms with E-state index in [-0.39, 0.29) is 24.5 Å². The standard InChI is InChI=1S/C12H17N3O2S.ClH/c16-18(17,12-2-1-6-13-9-12)15-10-3-4-11(15)8-14-7-5-10;/h1-2,6,9-11,14H,3-5,7-8H2;1H. The number of sulfonamides is 1. The van der Waals surface area contributed by atoms with Crippen LogP contribution in [0, 0.1) is 0 Å². The van der Waals surface area contributed by atoms with Crippen LogP contribution < -0.4 is 5.32 Å². The summed E-state index contributed by atoms with van der Waals surface area (Å²) in [5, 5.41) is 3.31. The van der Waals surface area contributed by atoms with Crippen LogP contribution in [0.5, 0.6) is 0 Å². The SMILES string of the molecule is Cl.O=S(=O)(c1cccnc1)N1C2CCNCC1CC2. The van der Waals surface area contributed by atoms with Crippen LogP contribution >= 0.6 is 12.4 Å². The highest BCUT2D eigenvalue weighted by atomic mass is 35.5. The lowest BCUT2D eigenvalue weighted by Gasteiger charge is -2.26. The van der Waals surface area contributed by atoms with Crippen LogP contribution in [0.15, 0.2) is 29.4 Å². The van der Waals surface area contributed by atoms with Crippen LogP contribution in [-0.4, -0.2) is 42.9 Å². The van der Waals surface area contributed by atoms with Gasteiger partial charge < -0.3 is 5.32 Å². The lowest BCUT2D eigenvalue weighted by atomic mass is 10.1. The van der Waals surface area contributed by atoms with Crippen LogP contribution in [0.3, 0.4) is 0 Å². The van der Waals surface area contributed by atoms with E-state index in [9.17, 15) is 8.42 Å². The van der Waals surface area contributed by atoms with Gasteiger partial charge in [0.2, 0.25) is 10.0 Å². The van der Waals surface area contributed by atoms with Gasteiger partial charge in [-0.2, -0.15) is 4.31 Å². The van der Waals surface area contributed by atoms with Gasteiger partial charge >= 0.3 is 0 Å². The average Bonchev–Trinajstić information content (AvgIpc) is 2.64. The third kappa shape index (κ3) is 2.63. The zero-order valence-electron chi connectivity index (χ0n) is 10.5. The Morgan fingerprint density at radius 3 is 2.79 bits per heavy atom. The number of nitrogens with one attached hydrogen (secondary N) is 1. The third-order valence-corrected chi connectivity index (χ3v) is 5.79. The van der Waals surface area contributed by atoms with Crippen molar-refractivity contribution in [3.8, 4) is 0 Å². The predicted octanol–water partition coefficient (Wildman–Crippen LogP) is 1.02. The molecule has 0 amide bonds. The topological polar surface area (TPSA) is 62.3 Å². The van der Waals surface area contributed by atoms with E-state index in [2.05, 4.69) is 10.3 Å². The van der Waals surface area contributed by atoms with Crippen molar-refractivity contribution < 1.29 is 8.42 Å². The lowest BCUT2D eigenvalue weighted by molar-refractivity contribution is 0.334. The van der Waals surface area contributed by atoms with Crippen LogP contribution in [0.4, 0.5) is 0 Å². The minimum atomic E-state index is -3.39. The second-order valence-electron chi connectivity index (χ2n) is 4.90. The first-order valence-electron chi connectivity index (χ1n) is 6.34. The molecule has 0 aromatic carbocycles. The van der Waals surface area contributed by atoms with Gasteiger partial charge in [-0.05, 0) is 37.9 Å². The van der Waals surface area contributed by atoms with Crippen LogP contribution in [0.2, 0.25) is 0 Å². The van der Waals surface area contributed by atoms with Gasteiger partial charge in [0, 0.05) is 31.0 Å². The molecule has 2 saturated heterocycles. The Morgan fingerprint density at radius 2 is 2.05 bits per heavy atom. The zero-order valence-corrected chi connectivity index (χ0v) is 12.2. The molecule has 2 bridgehead atoms. The molecule has 19 heavy (non-hydrogen) atoms. The fourth-order valence-electron chi connectivity index (χ4n) is 2.95. The monoisotopic (exact) mass is 303 g/mol. The second-order valence-corrected chi connectivity index (χ2v) is 6.74. The number of hydrogen-bond donors (Lipinski definition) is 1. The smallest absolute Gasteiger partial charge is 0.245 e. The first kappa shape index (κ1) is 14.7. The highest BCUT2D eigenvalue weighted by Gasteiger charge is 2.42. The average molecular weight is 304 g/mol. The van der Waals surface area contributed by atoms with E-state index in [1.807, 2.05) is 0 Å². The molecule has 1 N–H and O–H groups in total. The molecular weight excluding hydrogens is 286 g/mol. The molecule has 0 aliphatic carbocycles. The van der Waals surface area contributed by atoms with E-state index in [4.69, 9.17) is 0 Å². The lowest BCUT2D eigenvalue weighted by Crippen LogP contribution is -2.42. The second kappa shape index (κ2) is 5.75. The molecule has 7 heteroatoms. The zero-order chi connectivity index (χ0) is 12.6. The summed E-state index contributed by atoms with van der Waals surface area (Å²) in [7, 11) is -3.39. The van der Waals surface area contributed by atoms with E-state index in [0.29, 0.717) is 4.90 Å². The molecule has 106 valence electrons. The molecule has 0 saturated carbocycles. The first-order chi connectivity index (χ1) is 8.69. The molecule has 2 aliphatic heterocycles. The Balaban J connectivity index is 0.00000133. The number of pyridine rings is 1. The molecule has 5 nitrogen and oxygen atoms in total. The highest BCUT2D eigenvalue weighted by Crippen LogP contribution is 2.33. The largest absolute Gasteiger partial charge is 0.315 e. The fraction of sp³-hybridized carbons (Fsp3) is 0.583. The van der Waals surface area contributed by atoms with Crippen molar-refractivity contribution in [1.29, 1.82) is 0 Å². The molecule has 0 spiro atoms. The molecule has 2 aliphatic rings. The molecule has 3 heterocycles. The van der Waals surface area contributed by atoms with Crippen molar-refractivity contribution in [1.82, 2.24) is 14.6 Å². The molecule has 0 radical (unpaired) electrons. The number of nitrogens with zero attached hydrogens (tertiary/aromatic N) is 2. The van der Waals surface area contributed by atoms with Crippen molar-refractivity contribution in [3.63, 3.8) is 0 Å². The van der Waals surface area contributed by atoms with Crippen molar-refractivity contribution in [3.05, 3.63) is 24.5 Å². The summed E-state index contributed by atoms with van der Waals surface area (Å²) in [6.07, 6.45) is 5.86. The number of fused-ring (bicyclic) bond motifs is 2. The summed E-state index contributed by atoms with van der Waals surface area (Å²) in [5.41, 5.74) is 0. The minimum Gasteiger partial charge on any atom is -0.315 e. The molecule has 1 aromatic rings. The number of rotatable bonds is 2. The van der Waals surface area contributed by atoms with Gasteiger partial charge in [-0.25, -0.2) is 8.42 Å². The van der Waals surface area contributed by atoms with Crippen LogP contribution in [0.1, 0.15) is 19.3 Å². The van der Waals surface area contributed by atoms with E-state index in [0.717, 1.165) is 32.4 Å². The summed E-state index contributed by atoms with van der Waals surface area (Å²) < 4.78 is 27.0. The van der Waals surface area contributed by atoms with Gasteiger partial charge in [-0.15, -0.1) is 12.4 Å². The first-order valence-corrected chi connectivity index (χ1v) is 7.78. The molecule has 2 fully saturated rings. The van der Waals surface area contributed by atoms with E-state index < -0.39 is 10.0 Å². The van der Waals surface area contributed by atoms with E-state index in [1.165, 1.54) is 6.20 Å². The van der Waals surface area contributed by atoms with Gasteiger partial charge in [0.15, 0.2) is 0 Å². The van der Waals surface area contributed by atoms with Crippen molar-refractivity contribution in [2.45, 2.75) is 36.2 Å². The van der Waals surface area contributed by atoms with Gasteiger partial charge in [0.25, 0.3) is 0 Å². The molecular formula is C12H18ClN3O2S. The van der Waals surface area contributed by atoms with Crippen molar-refractivity contribution >= 4 is 22.4 Å². The van der Waals surface area contributed by atoms with E-state index >= 15 is 0 Å². The third-order valence-electron chi connectivity index (χ3n) is 3.80. The minimum absolute atomic E-state index is 0. The Kier molecular flexibility index (Phi) is 4.45. The van der Waals surface area contributed by atoms with Crippen molar-refractivity contribution in [2.24, 2.45) is 0 Å². The van der Waals surface area contributed by atoms with Crippen LogP contribution in [-0.2, 0) is 10.0 Å². The van der Waals surface area contributed by atoms with E-state index in [1.54, 1.807) is 22.6 Å². The van der Waals surface area contributed by atoms with Crippen molar-refractivity contribution in [2.75, 3.05) is 13.1 Å². The van der Waals surface area contributed by atoms with Crippen LogP contribution in [0.25, 0.3) is 0 Å². The van der Waals surface area contributed by atoms with Gasteiger partial charge in [0.05, 0.1) is 0 Å². The predicted molar refractivity (Wildman–Crippen MR) is 74.8 cm³/mol. The number of hydrogen-bond acceptors (Lipinski definition) is 4. The summed E-state index contributed by atoms with van der Waals surface area (Å²) >= 11 is 0. The fourth-order valence-corrected chi connectivity index (χ4v) is 4.82. The Hall–Kier alpha value is -0.690. The molecule has 3 rings (SSSR count). The Labute approximate surface area is 119 Å². The van der Waals surface area contributed by atoms with Gasteiger partial charge in [0.1, 0.15) is 4.90 Å². The number of halogens is 1. The maximum atomic E-state index is 12.7. The number of aromatic nitrogens is 1. The maximum Gasteiger partial charge on any atom is 0.245 e. The maximum absolute atomic E-state index is 12.7. The van der Waals surface area contributed by atoms with Gasteiger partial charge in [-0.1, -0.05) is 0 Å². The molecule has 2 atom stereocenters. The highest BCUT2D eigenvalue weighted by molar-refractivity contribution is 7.89. The summed E-state index contributed by atoms with van der Waals surface area (Å²) in [5.74, 6) is 0. The summed E-state index contributed by atoms with van der Waals surface area (Å²) in [4.78, 5) is 4.23. The quantitative estimate of drug-likeness (QED) is 0.886. The normalized spacial score (nSPS) is 27.6. The van der Waals surface area contributed by atoms with Gasteiger partial charge in [-0.3, -0.25) is 4.98 Å². The Morgan fingerprint density at radius 1 is 1.26 bits per heavy atom. The Bertz CT molecular complexity index is 509. The molecule has 2 unspecified atom stereocenters. The summed E-state index contributed by atoms with van der Waals surface area (Å²) in [6, 6.07) is 3.54. The summed E-state index contributed by atoms with van der Waals surface area (Å²) in [6.45, 7) is 1.66.